The van der Waals surface area contributed by atoms with Crippen LogP contribution in [-0.4, -0.2) is 10.2 Å². The van der Waals surface area contributed by atoms with E-state index in [9.17, 15) is 4.39 Å². The topological polar surface area (TPSA) is 35.0 Å². The van der Waals surface area contributed by atoms with E-state index in [2.05, 4.69) is 10.2 Å². The second kappa shape index (κ2) is 7.20. The molecule has 3 nitrogen and oxygen atoms in total. The quantitative estimate of drug-likeness (QED) is 0.694. The molecule has 116 valence electrons. The number of benzene rings is 2. The molecular formula is C18H14ClFN2O. The molecule has 0 atom stereocenters. The van der Waals surface area contributed by atoms with Crippen molar-refractivity contribution in [2.45, 2.75) is 13.0 Å². The SMILES string of the molecule is Fc1cccc(Cl)c1Cc1ccc(OCc2ccccc2)nn1. The summed E-state index contributed by atoms with van der Waals surface area (Å²) in [4.78, 5) is 0. The van der Waals surface area contributed by atoms with Crippen molar-refractivity contribution in [3.63, 3.8) is 0 Å². The number of nitrogens with zero attached hydrogens (tertiary/aromatic N) is 2. The van der Waals surface area contributed by atoms with Crippen molar-refractivity contribution in [2.75, 3.05) is 0 Å². The van der Waals surface area contributed by atoms with Gasteiger partial charge in [0.15, 0.2) is 0 Å². The molecule has 0 radical (unpaired) electrons. The molecule has 3 rings (SSSR count). The maximum Gasteiger partial charge on any atom is 0.233 e. The summed E-state index contributed by atoms with van der Waals surface area (Å²) in [5.74, 6) is 0.0842. The Kier molecular flexibility index (Phi) is 4.83. The summed E-state index contributed by atoms with van der Waals surface area (Å²) in [6.07, 6.45) is 0.289. The van der Waals surface area contributed by atoms with Crippen molar-refractivity contribution in [1.29, 1.82) is 0 Å². The highest BCUT2D eigenvalue weighted by molar-refractivity contribution is 6.31. The average Bonchev–Trinajstić information content (AvgIpc) is 2.58. The van der Waals surface area contributed by atoms with Crippen LogP contribution in [0.4, 0.5) is 4.39 Å². The van der Waals surface area contributed by atoms with Gasteiger partial charge < -0.3 is 4.74 Å². The zero-order valence-electron chi connectivity index (χ0n) is 12.2. The molecular weight excluding hydrogens is 315 g/mol. The van der Waals surface area contributed by atoms with Crippen LogP contribution in [0.2, 0.25) is 5.02 Å². The summed E-state index contributed by atoms with van der Waals surface area (Å²) in [6.45, 7) is 0.425. The van der Waals surface area contributed by atoms with Crippen LogP contribution in [-0.2, 0) is 13.0 Å². The van der Waals surface area contributed by atoms with Gasteiger partial charge in [-0.2, -0.15) is 5.10 Å². The van der Waals surface area contributed by atoms with Crippen molar-refractivity contribution in [1.82, 2.24) is 10.2 Å². The lowest BCUT2D eigenvalue weighted by Gasteiger charge is -2.07. The number of hydrogen-bond acceptors (Lipinski definition) is 3. The van der Waals surface area contributed by atoms with E-state index in [4.69, 9.17) is 16.3 Å². The second-order valence-electron chi connectivity index (χ2n) is 5.01. The number of ether oxygens (including phenoxy) is 1. The van der Waals surface area contributed by atoms with Crippen LogP contribution in [0, 0.1) is 5.82 Å². The van der Waals surface area contributed by atoms with Gasteiger partial charge in [0.1, 0.15) is 12.4 Å². The second-order valence-corrected chi connectivity index (χ2v) is 5.42. The van der Waals surface area contributed by atoms with E-state index in [0.29, 0.717) is 28.8 Å². The maximum absolute atomic E-state index is 13.8. The lowest BCUT2D eigenvalue weighted by atomic mass is 10.1. The van der Waals surface area contributed by atoms with Crippen LogP contribution < -0.4 is 4.74 Å². The number of halogens is 2. The molecule has 0 fully saturated rings. The molecule has 0 amide bonds. The Morgan fingerprint density at radius 1 is 0.913 bits per heavy atom. The Morgan fingerprint density at radius 2 is 1.74 bits per heavy atom. The number of hydrogen-bond donors (Lipinski definition) is 0. The molecule has 0 N–H and O–H groups in total. The minimum Gasteiger partial charge on any atom is -0.472 e. The molecule has 0 aliphatic carbocycles. The summed E-state index contributed by atoms with van der Waals surface area (Å²) < 4.78 is 19.3. The van der Waals surface area contributed by atoms with Crippen LogP contribution in [0.15, 0.2) is 60.7 Å². The molecule has 3 aromatic rings. The first-order valence-electron chi connectivity index (χ1n) is 7.14. The molecule has 0 aliphatic rings. The predicted octanol–water partition coefficient (Wildman–Crippen LogP) is 4.44. The fourth-order valence-corrected chi connectivity index (χ4v) is 2.36. The van der Waals surface area contributed by atoms with Crippen molar-refractivity contribution < 1.29 is 9.13 Å². The third kappa shape index (κ3) is 4.05. The van der Waals surface area contributed by atoms with Crippen LogP contribution in [0.3, 0.4) is 0 Å². The first-order valence-corrected chi connectivity index (χ1v) is 7.52. The fourth-order valence-electron chi connectivity index (χ4n) is 2.13. The van der Waals surface area contributed by atoms with Crippen LogP contribution in [0.1, 0.15) is 16.8 Å². The lowest BCUT2D eigenvalue weighted by Crippen LogP contribution is -2.01. The van der Waals surface area contributed by atoms with Gasteiger partial charge in [-0.05, 0) is 23.8 Å². The Hall–Kier alpha value is -2.46. The minimum absolute atomic E-state index is 0.289. The van der Waals surface area contributed by atoms with Gasteiger partial charge in [0, 0.05) is 23.1 Å². The van der Waals surface area contributed by atoms with Crippen molar-refractivity contribution in [3.8, 4) is 5.88 Å². The normalized spacial score (nSPS) is 10.5. The summed E-state index contributed by atoms with van der Waals surface area (Å²) >= 11 is 6.02. The molecule has 0 bridgehead atoms. The van der Waals surface area contributed by atoms with Gasteiger partial charge in [-0.25, -0.2) is 4.39 Å². The van der Waals surface area contributed by atoms with E-state index in [1.165, 1.54) is 6.07 Å². The molecule has 0 saturated heterocycles. The third-order valence-corrected chi connectivity index (χ3v) is 3.70. The Bertz CT molecular complexity index is 759. The van der Waals surface area contributed by atoms with E-state index in [1.54, 1.807) is 24.3 Å². The third-order valence-electron chi connectivity index (χ3n) is 3.34. The molecule has 23 heavy (non-hydrogen) atoms. The molecule has 5 heteroatoms. The smallest absolute Gasteiger partial charge is 0.233 e. The zero-order chi connectivity index (χ0) is 16.1. The summed E-state index contributed by atoms with van der Waals surface area (Å²) in [7, 11) is 0. The van der Waals surface area contributed by atoms with E-state index in [-0.39, 0.29) is 12.2 Å². The van der Waals surface area contributed by atoms with Crippen LogP contribution >= 0.6 is 11.6 Å². The molecule has 1 aromatic heterocycles. The molecule has 0 aliphatic heterocycles. The Morgan fingerprint density at radius 3 is 2.43 bits per heavy atom. The zero-order valence-corrected chi connectivity index (χ0v) is 13.0. The fraction of sp³-hybridized carbons (Fsp3) is 0.111. The summed E-state index contributed by atoms with van der Waals surface area (Å²) in [5, 5.41) is 8.47. The Labute approximate surface area is 138 Å². The minimum atomic E-state index is -0.344. The van der Waals surface area contributed by atoms with Gasteiger partial charge in [-0.3, -0.25) is 0 Å². The first kappa shape index (κ1) is 15.4. The van der Waals surface area contributed by atoms with Crippen LogP contribution in [0.5, 0.6) is 5.88 Å². The highest BCUT2D eigenvalue weighted by atomic mass is 35.5. The Balaban J connectivity index is 1.65. The van der Waals surface area contributed by atoms with E-state index < -0.39 is 0 Å². The maximum atomic E-state index is 13.8. The lowest BCUT2D eigenvalue weighted by molar-refractivity contribution is 0.290. The monoisotopic (exact) mass is 328 g/mol. The number of aromatic nitrogens is 2. The van der Waals surface area contributed by atoms with Crippen molar-refractivity contribution in [2.24, 2.45) is 0 Å². The molecule has 2 aromatic carbocycles. The van der Waals surface area contributed by atoms with Gasteiger partial charge in [0.05, 0.1) is 5.69 Å². The van der Waals surface area contributed by atoms with Crippen LogP contribution in [0.25, 0.3) is 0 Å². The largest absolute Gasteiger partial charge is 0.472 e. The summed E-state index contributed by atoms with van der Waals surface area (Å²) in [5.41, 5.74) is 2.10. The molecule has 0 unspecified atom stereocenters. The highest BCUT2D eigenvalue weighted by Crippen LogP contribution is 2.21. The van der Waals surface area contributed by atoms with Gasteiger partial charge in [-0.15, -0.1) is 5.10 Å². The number of rotatable bonds is 5. The van der Waals surface area contributed by atoms with Crippen molar-refractivity contribution >= 4 is 11.6 Å². The average molecular weight is 329 g/mol. The van der Waals surface area contributed by atoms with Gasteiger partial charge in [-0.1, -0.05) is 48.0 Å². The summed E-state index contributed by atoms with van der Waals surface area (Å²) in [6, 6.07) is 17.9. The highest BCUT2D eigenvalue weighted by Gasteiger charge is 2.09. The van der Waals surface area contributed by atoms with E-state index in [1.807, 2.05) is 30.3 Å². The van der Waals surface area contributed by atoms with Gasteiger partial charge in [0.2, 0.25) is 5.88 Å². The standard InChI is InChI=1S/C18H14ClFN2O/c19-16-7-4-8-17(20)15(16)11-14-9-10-18(22-21-14)23-12-13-5-2-1-3-6-13/h1-10H,11-12H2. The molecule has 0 spiro atoms. The van der Waals surface area contributed by atoms with Gasteiger partial charge in [0.25, 0.3) is 0 Å². The first-order chi connectivity index (χ1) is 11.2. The van der Waals surface area contributed by atoms with Crippen molar-refractivity contribution in [3.05, 3.63) is 88.3 Å². The molecule has 1 heterocycles. The predicted molar refractivity (Wildman–Crippen MR) is 87.0 cm³/mol. The van der Waals surface area contributed by atoms with E-state index >= 15 is 0 Å². The van der Waals surface area contributed by atoms with E-state index in [0.717, 1.165) is 5.56 Å². The molecule has 0 saturated carbocycles. The van der Waals surface area contributed by atoms with Gasteiger partial charge >= 0.3 is 0 Å².